The number of nitrogens with one attached hydrogen (secondary N) is 1. The van der Waals surface area contributed by atoms with Crippen molar-refractivity contribution in [3.05, 3.63) is 48.0 Å². The lowest BCUT2D eigenvalue weighted by molar-refractivity contribution is -0.198. The minimum atomic E-state index is -2.90. The van der Waals surface area contributed by atoms with Crippen LogP contribution in [0.25, 0.3) is 0 Å². The third-order valence-electron chi connectivity index (χ3n) is 6.26. The van der Waals surface area contributed by atoms with Crippen LogP contribution in [-0.4, -0.2) is 33.5 Å². The molecule has 2 fully saturated rings. The number of fused-ring (bicyclic) bond motifs is 1. The van der Waals surface area contributed by atoms with E-state index < -0.39 is 7.94 Å². The number of rotatable bonds is 7. The van der Waals surface area contributed by atoms with E-state index in [1.165, 1.54) is 24.0 Å². The fourth-order valence-corrected chi connectivity index (χ4v) is 8.95. The Bertz CT molecular complexity index is 636. The summed E-state index contributed by atoms with van der Waals surface area (Å²) in [5.41, 5.74) is 2.43. The van der Waals surface area contributed by atoms with Gasteiger partial charge in [-0.15, -0.1) is 15.9 Å². The van der Waals surface area contributed by atoms with Gasteiger partial charge in [0.2, 0.25) is 0 Å². The molecular formula is C23H38N3OP. The molecule has 0 radical (unpaired) electrons. The Balaban J connectivity index is 2.00. The highest BCUT2D eigenvalue weighted by Crippen LogP contribution is 2.66. The van der Waals surface area contributed by atoms with Crippen molar-refractivity contribution in [2.75, 3.05) is 0 Å². The van der Waals surface area contributed by atoms with Crippen molar-refractivity contribution in [2.24, 2.45) is 0 Å². The van der Waals surface area contributed by atoms with Crippen LogP contribution in [0.15, 0.2) is 36.9 Å². The highest BCUT2D eigenvalue weighted by atomic mass is 31.2. The van der Waals surface area contributed by atoms with Crippen molar-refractivity contribution >= 4 is 7.94 Å². The van der Waals surface area contributed by atoms with Crippen molar-refractivity contribution < 1.29 is 4.89 Å². The molecule has 3 atom stereocenters. The van der Waals surface area contributed by atoms with Crippen LogP contribution >= 0.6 is 7.94 Å². The van der Waals surface area contributed by atoms with Crippen LogP contribution in [0.5, 0.6) is 0 Å². The Morgan fingerprint density at radius 3 is 2.00 bits per heavy atom. The molecule has 0 bridgehead atoms. The van der Waals surface area contributed by atoms with Gasteiger partial charge in [-0.2, -0.15) is 5.09 Å². The van der Waals surface area contributed by atoms with E-state index in [0.29, 0.717) is 12.1 Å². The van der Waals surface area contributed by atoms with Gasteiger partial charge in [-0.1, -0.05) is 48.7 Å². The Morgan fingerprint density at radius 1 is 1.07 bits per heavy atom. The lowest BCUT2D eigenvalue weighted by atomic mass is 9.89. The molecule has 0 unspecified atom stereocenters. The SMILES string of the molecule is C=CC[C@@H](N[P+]1([O-])N(C(C)C)[C@@H]2CCCC[C@H]2N1C(C)C)c1ccc(C)cc1. The van der Waals surface area contributed by atoms with Gasteiger partial charge in [0, 0.05) is 12.1 Å². The second-order valence-electron chi connectivity index (χ2n) is 9.03. The van der Waals surface area contributed by atoms with Gasteiger partial charge in [0.05, 0.1) is 18.1 Å². The van der Waals surface area contributed by atoms with Crippen molar-refractivity contribution in [2.45, 2.75) is 96.9 Å². The van der Waals surface area contributed by atoms with Crippen molar-refractivity contribution in [1.82, 2.24) is 14.4 Å². The molecule has 28 heavy (non-hydrogen) atoms. The summed E-state index contributed by atoms with van der Waals surface area (Å²) in [5, 5.41) is 3.68. The number of aryl methyl sites for hydroxylation is 1. The molecule has 1 N–H and O–H groups in total. The van der Waals surface area contributed by atoms with Gasteiger partial charge in [-0.3, -0.25) is 0 Å². The van der Waals surface area contributed by atoms with E-state index in [1.807, 2.05) is 6.08 Å². The van der Waals surface area contributed by atoms with Gasteiger partial charge in [-0.25, -0.2) is 0 Å². The monoisotopic (exact) mass is 403 g/mol. The van der Waals surface area contributed by atoms with Crippen LogP contribution < -0.4 is 9.98 Å². The van der Waals surface area contributed by atoms with Crippen LogP contribution in [0.1, 0.15) is 77.0 Å². The molecule has 0 spiro atoms. The van der Waals surface area contributed by atoms with Crippen LogP contribution in [0.2, 0.25) is 0 Å². The fraction of sp³-hybridized carbons (Fsp3) is 0.652. The molecular weight excluding hydrogens is 365 g/mol. The van der Waals surface area contributed by atoms with Crippen molar-refractivity contribution in [1.29, 1.82) is 0 Å². The smallest absolute Gasteiger partial charge is 0.184 e. The average Bonchev–Trinajstić information content (AvgIpc) is 2.90. The zero-order valence-corrected chi connectivity index (χ0v) is 19.2. The molecule has 4 nitrogen and oxygen atoms in total. The molecule has 0 aromatic heterocycles. The summed E-state index contributed by atoms with van der Waals surface area (Å²) in [6.45, 7) is 14.8. The molecule has 1 saturated heterocycles. The Morgan fingerprint density at radius 2 is 1.57 bits per heavy atom. The van der Waals surface area contributed by atoms with E-state index in [4.69, 9.17) is 0 Å². The molecule has 1 aromatic rings. The summed E-state index contributed by atoms with van der Waals surface area (Å²) in [7, 11) is -2.90. The van der Waals surface area contributed by atoms with Gasteiger partial charge in [0.1, 0.15) is 0 Å². The molecule has 156 valence electrons. The lowest BCUT2D eigenvalue weighted by Gasteiger charge is -2.45. The quantitative estimate of drug-likeness (QED) is 0.515. The predicted molar refractivity (Wildman–Crippen MR) is 119 cm³/mol. The first-order valence-electron chi connectivity index (χ1n) is 10.9. The topological polar surface area (TPSA) is 41.6 Å². The summed E-state index contributed by atoms with van der Waals surface area (Å²) in [6.07, 6.45) is 7.48. The maximum Gasteiger partial charge on any atom is 0.184 e. The molecule has 1 heterocycles. The van der Waals surface area contributed by atoms with E-state index in [2.05, 4.69) is 79.9 Å². The Kier molecular flexibility index (Phi) is 7.00. The molecule has 1 aliphatic carbocycles. The minimum Gasteiger partial charge on any atom is -0.636 e. The van der Waals surface area contributed by atoms with Crippen LogP contribution in [0, 0.1) is 6.92 Å². The molecule has 2 aliphatic rings. The Labute approximate surface area is 172 Å². The summed E-state index contributed by atoms with van der Waals surface area (Å²) in [4.78, 5) is 14.8. The van der Waals surface area contributed by atoms with Crippen LogP contribution in [0.3, 0.4) is 0 Å². The summed E-state index contributed by atoms with van der Waals surface area (Å²) in [5.74, 6) is 0. The third kappa shape index (κ3) is 4.08. The highest BCUT2D eigenvalue weighted by molar-refractivity contribution is 7.62. The predicted octanol–water partition coefficient (Wildman–Crippen LogP) is 4.99. The summed E-state index contributed by atoms with van der Waals surface area (Å²) in [6, 6.07) is 9.86. The normalized spacial score (nSPS) is 26.6. The van der Waals surface area contributed by atoms with Gasteiger partial charge >= 0.3 is 0 Å². The molecule has 5 heteroatoms. The van der Waals surface area contributed by atoms with E-state index in [-0.39, 0.29) is 18.1 Å². The highest BCUT2D eigenvalue weighted by Gasteiger charge is 2.61. The summed E-state index contributed by atoms with van der Waals surface area (Å²) < 4.78 is 4.67. The van der Waals surface area contributed by atoms with Crippen LogP contribution in [-0.2, 0) is 0 Å². The van der Waals surface area contributed by atoms with E-state index >= 15 is 0 Å². The van der Waals surface area contributed by atoms with E-state index in [0.717, 1.165) is 19.3 Å². The van der Waals surface area contributed by atoms with Gasteiger partial charge in [0.15, 0.2) is 7.94 Å². The average molecular weight is 404 g/mol. The molecule has 0 amide bonds. The second-order valence-corrected chi connectivity index (χ2v) is 11.3. The molecule has 1 aromatic carbocycles. The largest absolute Gasteiger partial charge is 0.636 e. The first kappa shape index (κ1) is 21.9. The second kappa shape index (κ2) is 8.93. The molecule has 3 rings (SSSR count). The Hall–Kier alpha value is -0.770. The number of nitrogens with zero attached hydrogens (tertiary/aromatic N) is 2. The first-order chi connectivity index (χ1) is 13.3. The zero-order valence-electron chi connectivity index (χ0n) is 18.3. The maximum absolute atomic E-state index is 14.8. The van der Waals surface area contributed by atoms with Crippen LogP contribution in [0.4, 0.5) is 0 Å². The number of hydrogen-bond donors (Lipinski definition) is 1. The zero-order chi connectivity index (χ0) is 20.5. The first-order valence-corrected chi connectivity index (χ1v) is 12.5. The standard InChI is InChI=1S/C23H38N3OP/c1-7-10-21(20-15-13-19(6)14-16-20)24-28(27)25(17(2)3)22-11-8-9-12-23(22)26(28)18(4)5/h7,13-18,21-23H,1,8-12H2,2-6H3,(H,24,27)/t21-,22-,23-/m1/s1. The van der Waals surface area contributed by atoms with Crippen molar-refractivity contribution in [3.63, 3.8) is 0 Å². The number of hydrogen-bond acceptors (Lipinski definition) is 4. The van der Waals surface area contributed by atoms with E-state index in [9.17, 15) is 4.89 Å². The lowest BCUT2D eigenvalue weighted by Crippen LogP contribution is -2.48. The summed E-state index contributed by atoms with van der Waals surface area (Å²) >= 11 is 0. The molecule has 1 saturated carbocycles. The van der Waals surface area contributed by atoms with Gasteiger partial charge < -0.3 is 4.89 Å². The van der Waals surface area contributed by atoms with Gasteiger partial charge in [0.25, 0.3) is 0 Å². The third-order valence-corrected chi connectivity index (χ3v) is 9.68. The minimum absolute atomic E-state index is 0.00610. The molecule has 1 aliphatic heterocycles. The maximum atomic E-state index is 14.8. The van der Waals surface area contributed by atoms with Gasteiger partial charge in [-0.05, 0) is 59.4 Å². The van der Waals surface area contributed by atoms with Crippen molar-refractivity contribution in [3.8, 4) is 0 Å². The fourth-order valence-electron chi connectivity index (χ4n) is 5.19. The number of benzene rings is 1. The van der Waals surface area contributed by atoms with E-state index in [1.54, 1.807) is 0 Å².